The van der Waals surface area contributed by atoms with Gasteiger partial charge in [-0.1, -0.05) is 31.6 Å². The number of nitrogens with two attached hydrogens (primary N) is 1. The maximum absolute atomic E-state index is 12.4. The van der Waals surface area contributed by atoms with Crippen LogP contribution >= 0.6 is 11.3 Å². The zero-order chi connectivity index (χ0) is 15.4. The summed E-state index contributed by atoms with van der Waals surface area (Å²) in [6.07, 6.45) is 4.69. The van der Waals surface area contributed by atoms with Gasteiger partial charge in [-0.15, -0.1) is 0 Å². The van der Waals surface area contributed by atoms with E-state index >= 15 is 0 Å². The van der Waals surface area contributed by atoms with Gasteiger partial charge < -0.3 is 16.0 Å². The molecule has 2 unspecified atom stereocenters. The lowest BCUT2D eigenvalue weighted by molar-refractivity contribution is 0.0933. The second-order valence-corrected chi connectivity index (χ2v) is 6.88. The summed E-state index contributed by atoms with van der Waals surface area (Å²) in [5.41, 5.74) is 5.95. The van der Waals surface area contributed by atoms with Gasteiger partial charge in [0.05, 0.1) is 0 Å². The Hall–Kier alpha value is -1.30. The molecular formula is C15H26N4OS. The summed E-state index contributed by atoms with van der Waals surface area (Å²) in [5.74, 6) is 0.708. The molecule has 3 N–H and O–H groups in total. The lowest BCUT2D eigenvalue weighted by Gasteiger charge is -2.25. The van der Waals surface area contributed by atoms with E-state index in [0.29, 0.717) is 16.6 Å². The van der Waals surface area contributed by atoms with Crippen LogP contribution in [0.25, 0.3) is 0 Å². The van der Waals surface area contributed by atoms with Crippen molar-refractivity contribution in [1.82, 2.24) is 10.3 Å². The molecule has 0 radical (unpaired) electrons. The van der Waals surface area contributed by atoms with Gasteiger partial charge in [0.25, 0.3) is 5.91 Å². The zero-order valence-corrected chi connectivity index (χ0v) is 14.0. The first-order valence-corrected chi connectivity index (χ1v) is 8.66. The molecule has 2 heterocycles. The van der Waals surface area contributed by atoms with Crippen molar-refractivity contribution < 1.29 is 4.79 Å². The molecule has 0 spiro atoms. The van der Waals surface area contributed by atoms with Gasteiger partial charge >= 0.3 is 0 Å². The van der Waals surface area contributed by atoms with Gasteiger partial charge in [0.1, 0.15) is 10.7 Å². The van der Waals surface area contributed by atoms with Crippen LogP contribution in [0, 0.1) is 5.92 Å². The first-order chi connectivity index (χ1) is 10.0. The fourth-order valence-electron chi connectivity index (χ4n) is 2.47. The van der Waals surface area contributed by atoms with E-state index in [0.717, 1.165) is 24.6 Å². The first kappa shape index (κ1) is 16.1. The summed E-state index contributed by atoms with van der Waals surface area (Å²) < 4.78 is 0. The third-order valence-electron chi connectivity index (χ3n) is 4.33. The van der Waals surface area contributed by atoms with E-state index in [1.165, 1.54) is 30.6 Å². The minimum absolute atomic E-state index is 0.0962. The third kappa shape index (κ3) is 3.87. The Balaban J connectivity index is 2.05. The van der Waals surface area contributed by atoms with Gasteiger partial charge in [-0.05, 0) is 32.1 Å². The van der Waals surface area contributed by atoms with Gasteiger partial charge in [-0.25, -0.2) is 4.98 Å². The molecule has 0 aromatic carbocycles. The Morgan fingerprint density at radius 1 is 1.38 bits per heavy atom. The SMILES string of the molecule is CCC(C)C(C)NC(=O)c1sc(N2CCCCC2)nc1N. The molecule has 1 fully saturated rings. The molecule has 21 heavy (non-hydrogen) atoms. The van der Waals surface area contributed by atoms with Crippen LogP contribution in [0.1, 0.15) is 56.1 Å². The number of aromatic nitrogens is 1. The summed E-state index contributed by atoms with van der Waals surface area (Å²) in [6, 6.07) is 0.141. The summed E-state index contributed by atoms with van der Waals surface area (Å²) in [7, 11) is 0. The largest absolute Gasteiger partial charge is 0.382 e. The van der Waals surface area contributed by atoms with E-state index in [9.17, 15) is 4.79 Å². The predicted octanol–water partition coefficient (Wildman–Crippen LogP) is 2.88. The van der Waals surface area contributed by atoms with Crippen LogP contribution in [0.2, 0.25) is 0 Å². The minimum atomic E-state index is -0.0962. The molecule has 1 saturated heterocycles. The molecule has 0 aliphatic carbocycles. The fourth-order valence-corrected chi connectivity index (χ4v) is 3.41. The number of rotatable bonds is 5. The smallest absolute Gasteiger partial charge is 0.265 e. The number of nitrogens with zero attached hydrogens (tertiary/aromatic N) is 2. The molecule has 0 saturated carbocycles. The van der Waals surface area contributed by atoms with Gasteiger partial charge in [0.15, 0.2) is 5.13 Å². The van der Waals surface area contributed by atoms with E-state index in [4.69, 9.17) is 5.73 Å². The monoisotopic (exact) mass is 310 g/mol. The summed E-state index contributed by atoms with van der Waals surface area (Å²) in [5, 5.41) is 3.92. The van der Waals surface area contributed by atoms with Crippen LogP contribution in [0.15, 0.2) is 0 Å². The van der Waals surface area contributed by atoms with Crippen molar-refractivity contribution in [2.24, 2.45) is 5.92 Å². The first-order valence-electron chi connectivity index (χ1n) is 7.85. The minimum Gasteiger partial charge on any atom is -0.382 e. The van der Waals surface area contributed by atoms with E-state index in [-0.39, 0.29) is 11.9 Å². The van der Waals surface area contributed by atoms with Gasteiger partial charge in [0.2, 0.25) is 0 Å². The lowest BCUT2D eigenvalue weighted by Crippen LogP contribution is -2.36. The Kier molecular flexibility index (Phi) is 5.45. The molecule has 1 amide bonds. The number of piperidine rings is 1. The maximum Gasteiger partial charge on any atom is 0.265 e. The van der Waals surface area contributed by atoms with E-state index in [1.807, 2.05) is 6.92 Å². The number of nitrogen functional groups attached to an aromatic ring is 1. The van der Waals surface area contributed by atoms with Gasteiger partial charge in [0, 0.05) is 19.1 Å². The van der Waals surface area contributed by atoms with Crippen molar-refractivity contribution >= 4 is 28.2 Å². The van der Waals surface area contributed by atoms with Crippen molar-refractivity contribution in [2.45, 2.75) is 52.5 Å². The standard InChI is InChI=1S/C15H26N4OS/c1-4-10(2)11(3)17-14(20)12-13(16)18-15(21-12)19-8-6-5-7-9-19/h10-11H,4-9,16H2,1-3H3,(H,17,20). The summed E-state index contributed by atoms with van der Waals surface area (Å²) in [6.45, 7) is 8.33. The highest BCUT2D eigenvalue weighted by molar-refractivity contribution is 7.18. The summed E-state index contributed by atoms with van der Waals surface area (Å²) in [4.78, 5) is 19.5. The molecule has 6 heteroatoms. The average Bonchev–Trinajstić information content (AvgIpc) is 2.89. The Morgan fingerprint density at radius 3 is 2.67 bits per heavy atom. The highest BCUT2D eigenvalue weighted by atomic mass is 32.1. The van der Waals surface area contributed by atoms with Crippen LogP contribution in [0.4, 0.5) is 10.9 Å². The highest BCUT2D eigenvalue weighted by Crippen LogP contribution is 2.30. The second-order valence-electron chi connectivity index (χ2n) is 5.91. The van der Waals surface area contributed by atoms with Crippen molar-refractivity contribution in [1.29, 1.82) is 0 Å². The van der Waals surface area contributed by atoms with E-state index in [2.05, 4.69) is 29.0 Å². The van der Waals surface area contributed by atoms with E-state index in [1.54, 1.807) is 0 Å². The molecule has 1 aliphatic heterocycles. The predicted molar refractivity (Wildman–Crippen MR) is 89.0 cm³/mol. The zero-order valence-electron chi connectivity index (χ0n) is 13.2. The number of hydrogen-bond acceptors (Lipinski definition) is 5. The van der Waals surface area contributed by atoms with Gasteiger partial charge in [-0.3, -0.25) is 4.79 Å². The molecule has 0 bridgehead atoms. The quantitative estimate of drug-likeness (QED) is 0.877. The maximum atomic E-state index is 12.4. The van der Waals surface area contributed by atoms with Crippen molar-refractivity contribution in [3.63, 3.8) is 0 Å². The molecule has 118 valence electrons. The number of carbonyl (C=O) groups excluding carboxylic acids is 1. The van der Waals surface area contributed by atoms with Gasteiger partial charge in [-0.2, -0.15) is 0 Å². The van der Waals surface area contributed by atoms with Crippen LogP contribution in [0.3, 0.4) is 0 Å². The van der Waals surface area contributed by atoms with Crippen molar-refractivity contribution in [3.05, 3.63) is 4.88 Å². The molecule has 2 rings (SSSR count). The number of amides is 1. The van der Waals surface area contributed by atoms with Crippen LogP contribution in [-0.4, -0.2) is 30.0 Å². The Bertz CT molecular complexity index is 482. The third-order valence-corrected chi connectivity index (χ3v) is 5.46. The molecule has 5 nitrogen and oxygen atoms in total. The Morgan fingerprint density at radius 2 is 2.05 bits per heavy atom. The molecule has 1 aliphatic rings. The topological polar surface area (TPSA) is 71.2 Å². The fraction of sp³-hybridized carbons (Fsp3) is 0.733. The lowest BCUT2D eigenvalue weighted by atomic mass is 10.0. The second kappa shape index (κ2) is 7.11. The molecular weight excluding hydrogens is 284 g/mol. The number of anilines is 2. The van der Waals surface area contributed by atoms with E-state index < -0.39 is 0 Å². The van der Waals surface area contributed by atoms with Crippen molar-refractivity contribution in [3.8, 4) is 0 Å². The number of hydrogen-bond donors (Lipinski definition) is 2. The number of nitrogens with one attached hydrogen (secondary N) is 1. The molecule has 1 aromatic heterocycles. The normalized spacial score (nSPS) is 18.3. The molecule has 2 atom stereocenters. The van der Waals surface area contributed by atoms with Crippen LogP contribution in [-0.2, 0) is 0 Å². The average molecular weight is 310 g/mol. The van der Waals surface area contributed by atoms with Crippen LogP contribution < -0.4 is 16.0 Å². The Labute approximate surface area is 130 Å². The van der Waals surface area contributed by atoms with Crippen molar-refractivity contribution in [2.75, 3.05) is 23.7 Å². The molecule has 1 aromatic rings. The number of carbonyl (C=O) groups is 1. The number of thiazole rings is 1. The highest BCUT2D eigenvalue weighted by Gasteiger charge is 2.22. The van der Waals surface area contributed by atoms with Crippen LogP contribution in [0.5, 0.6) is 0 Å². The summed E-state index contributed by atoms with van der Waals surface area (Å²) >= 11 is 1.41.